The van der Waals surface area contributed by atoms with Gasteiger partial charge in [0.05, 0.1) is 12.8 Å². The first kappa shape index (κ1) is 14.5. The molecule has 1 atom stereocenters. The Hall–Kier alpha value is -1.94. The minimum Gasteiger partial charge on any atom is -0.481 e. The van der Waals surface area contributed by atoms with Gasteiger partial charge in [0.15, 0.2) is 6.10 Å². The molecule has 0 saturated carbocycles. The standard InChI is InChI=1S/C15H16ClNO3/c1-2-14(20-12-6-3-5-11(16)9-12)15(18)17-10-13-7-4-8-19-13/h3-9,14H,2,10H2,1H3,(H,17,18)/t14-/m1/s1. The molecule has 0 fully saturated rings. The Bertz CT molecular complexity index is 554. The number of carbonyl (C=O) groups excluding carboxylic acids is 1. The minimum atomic E-state index is -0.552. The van der Waals surface area contributed by atoms with E-state index in [-0.39, 0.29) is 5.91 Å². The minimum absolute atomic E-state index is 0.177. The van der Waals surface area contributed by atoms with Gasteiger partial charge in [-0.1, -0.05) is 24.6 Å². The normalized spacial score (nSPS) is 11.9. The SMILES string of the molecule is CC[C@@H](Oc1cccc(Cl)c1)C(=O)NCc1ccco1. The van der Waals surface area contributed by atoms with Crippen molar-refractivity contribution in [2.24, 2.45) is 0 Å². The maximum atomic E-state index is 12.0. The van der Waals surface area contributed by atoms with Gasteiger partial charge in [0.1, 0.15) is 11.5 Å². The molecule has 2 rings (SSSR count). The smallest absolute Gasteiger partial charge is 0.261 e. The molecule has 0 saturated heterocycles. The highest BCUT2D eigenvalue weighted by Crippen LogP contribution is 2.19. The van der Waals surface area contributed by atoms with E-state index in [9.17, 15) is 4.79 Å². The van der Waals surface area contributed by atoms with Gasteiger partial charge in [-0.05, 0) is 36.8 Å². The number of nitrogens with one attached hydrogen (secondary N) is 1. The largest absolute Gasteiger partial charge is 0.481 e. The predicted molar refractivity (Wildman–Crippen MR) is 76.7 cm³/mol. The molecule has 0 radical (unpaired) electrons. The average Bonchev–Trinajstić information content (AvgIpc) is 2.95. The summed E-state index contributed by atoms with van der Waals surface area (Å²) in [7, 11) is 0. The number of ether oxygens (including phenoxy) is 1. The molecular weight excluding hydrogens is 278 g/mol. The van der Waals surface area contributed by atoms with Gasteiger partial charge in [0.2, 0.25) is 0 Å². The quantitative estimate of drug-likeness (QED) is 0.888. The van der Waals surface area contributed by atoms with E-state index in [1.54, 1.807) is 42.7 Å². The highest BCUT2D eigenvalue weighted by Gasteiger charge is 2.18. The van der Waals surface area contributed by atoms with Crippen molar-refractivity contribution in [1.29, 1.82) is 0 Å². The molecule has 0 aliphatic rings. The van der Waals surface area contributed by atoms with Crippen LogP contribution in [0.15, 0.2) is 47.1 Å². The van der Waals surface area contributed by atoms with Gasteiger partial charge in [0, 0.05) is 5.02 Å². The average molecular weight is 294 g/mol. The number of rotatable bonds is 6. The van der Waals surface area contributed by atoms with E-state index < -0.39 is 6.10 Å². The molecule has 1 aromatic heterocycles. The van der Waals surface area contributed by atoms with E-state index in [2.05, 4.69) is 5.32 Å². The van der Waals surface area contributed by atoms with Crippen molar-refractivity contribution in [1.82, 2.24) is 5.32 Å². The van der Waals surface area contributed by atoms with Crippen LogP contribution in [0.5, 0.6) is 5.75 Å². The molecule has 1 N–H and O–H groups in total. The molecule has 0 bridgehead atoms. The summed E-state index contributed by atoms with van der Waals surface area (Å²) in [5, 5.41) is 3.36. The lowest BCUT2D eigenvalue weighted by Gasteiger charge is -2.17. The fraction of sp³-hybridized carbons (Fsp3) is 0.267. The first-order chi connectivity index (χ1) is 9.69. The number of furan rings is 1. The lowest BCUT2D eigenvalue weighted by atomic mass is 10.2. The second kappa shape index (κ2) is 7.01. The Labute approximate surface area is 122 Å². The van der Waals surface area contributed by atoms with Crippen LogP contribution in [0.1, 0.15) is 19.1 Å². The van der Waals surface area contributed by atoms with E-state index in [4.69, 9.17) is 20.8 Å². The zero-order valence-corrected chi connectivity index (χ0v) is 11.9. The van der Waals surface area contributed by atoms with Crippen molar-refractivity contribution in [3.63, 3.8) is 0 Å². The van der Waals surface area contributed by atoms with Crippen LogP contribution in [0.2, 0.25) is 5.02 Å². The summed E-state index contributed by atoms with van der Waals surface area (Å²) in [5.74, 6) is 1.11. The second-order valence-corrected chi connectivity index (χ2v) is 4.71. The molecule has 1 heterocycles. The lowest BCUT2D eigenvalue weighted by molar-refractivity contribution is -0.128. The first-order valence-corrected chi connectivity index (χ1v) is 6.79. The molecule has 4 nitrogen and oxygen atoms in total. The molecule has 2 aromatic rings. The van der Waals surface area contributed by atoms with Crippen LogP contribution in [0.3, 0.4) is 0 Å². The van der Waals surface area contributed by atoms with Crippen LogP contribution in [0.25, 0.3) is 0 Å². The van der Waals surface area contributed by atoms with Gasteiger partial charge in [0.25, 0.3) is 5.91 Å². The van der Waals surface area contributed by atoms with Crippen LogP contribution in [0, 0.1) is 0 Å². The predicted octanol–water partition coefficient (Wildman–Crippen LogP) is 3.41. The summed E-state index contributed by atoms with van der Waals surface area (Å²) >= 11 is 5.89. The Kier molecular flexibility index (Phi) is 5.07. The third-order valence-corrected chi connectivity index (χ3v) is 2.99. The molecule has 106 valence electrons. The number of carbonyl (C=O) groups is 1. The van der Waals surface area contributed by atoms with Crippen molar-refractivity contribution >= 4 is 17.5 Å². The Balaban J connectivity index is 1.92. The van der Waals surface area contributed by atoms with E-state index in [1.165, 1.54) is 0 Å². The van der Waals surface area contributed by atoms with Crippen LogP contribution >= 0.6 is 11.6 Å². The number of hydrogen-bond acceptors (Lipinski definition) is 3. The van der Waals surface area contributed by atoms with Gasteiger partial charge < -0.3 is 14.5 Å². The third kappa shape index (κ3) is 4.03. The van der Waals surface area contributed by atoms with E-state index in [1.807, 2.05) is 6.92 Å². The topological polar surface area (TPSA) is 51.5 Å². The maximum absolute atomic E-state index is 12.0. The van der Waals surface area contributed by atoms with Crippen LogP contribution in [0.4, 0.5) is 0 Å². The van der Waals surface area contributed by atoms with E-state index in [0.29, 0.717) is 29.5 Å². The number of halogens is 1. The van der Waals surface area contributed by atoms with Crippen LogP contribution < -0.4 is 10.1 Å². The van der Waals surface area contributed by atoms with E-state index >= 15 is 0 Å². The molecule has 0 aliphatic heterocycles. The maximum Gasteiger partial charge on any atom is 0.261 e. The molecule has 0 unspecified atom stereocenters. The highest BCUT2D eigenvalue weighted by molar-refractivity contribution is 6.30. The molecule has 0 aliphatic carbocycles. The van der Waals surface area contributed by atoms with Crippen molar-refractivity contribution in [2.45, 2.75) is 26.0 Å². The van der Waals surface area contributed by atoms with Crippen LogP contribution in [-0.2, 0) is 11.3 Å². The van der Waals surface area contributed by atoms with Crippen molar-refractivity contribution in [3.05, 3.63) is 53.4 Å². The van der Waals surface area contributed by atoms with Crippen molar-refractivity contribution < 1.29 is 13.9 Å². The lowest BCUT2D eigenvalue weighted by Crippen LogP contribution is -2.37. The fourth-order valence-electron chi connectivity index (χ4n) is 1.73. The Morgan fingerprint density at radius 2 is 2.25 bits per heavy atom. The fourth-order valence-corrected chi connectivity index (χ4v) is 1.91. The molecule has 0 spiro atoms. The molecule has 5 heteroatoms. The van der Waals surface area contributed by atoms with Gasteiger partial charge in [-0.3, -0.25) is 4.79 Å². The van der Waals surface area contributed by atoms with Gasteiger partial charge in [-0.2, -0.15) is 0 Å². The second-order valence-electron chi connectivity index (χ2n) is 4.27. The number of amides is 1. The number of hydrogen-bond donors (Lipinski definition) is 1. The summed E-state index contributed by atoms with van der Waals surface area (Å²) in [4.78, 5) is 12.0. The molecule has 20 heavy (non-hydrogen) atoms. The summed E-state index contributed by atoms with van der Waals surface area (Å²) in [6, 6.07) is 10.6. The Morgan fingerprint density at radius 3 is 2.90 bits per heavy atom. The van der Waals surface area contributed by atoms with Crippen molar-refractivity contribution in [2.75, 3.05) is 0 Å². The molecule has 1 aromatic carbocycles. The molecule has 1 amide bonds. The van der Waals surface area contributed by atoms with Gasteiger partial charge >= 0.3 is 0 Å². The zero-order chi connectivity index (χ0) is 14.4. The van der Waals surface area contributed by atoms with Crippen LogP contribution in [-0.4, -0.2) is 12.0 Å². The van der Waals surface area contributed by atoms with Gasteiger partial charge in [-0.25, -0.2) is 0 Å². The summed E-state index contributed by atoms with van der Waals surface area (Å²) in [5.41, 5.74) is 0. The number of benzene rings is 1. The summed E-state index contributed by atoms with van der Waals surface area (Å²) < 4.78 is 10.8. The highest BCUT2D eigenvalue weighted by atomic mass is 35.5. The monoisotopic (exact) mass is 293 g/mol. The van der Waals surface area contributed by atoms with Gasteiger partial charge in [-0.15, -0.1) is 0 Å². The van der Waals surface area contributed by atoms with Crippen molar-refractivity contribution in [3.8, 4) is 5.75 Å². The first-order valence-electron chi connectivity index (χ1n) is 6.41. The molecular formula is C15H16ClNO3. The Morgan fingerprint density at radius 1 is 1.40 bits per heavy atom. The summed E-state index contributed by atoms with van der Waals surface area (Å²) in [6.45, 7) is 2.24. The third-order valence-electron chi connectivity index (χ3n) is 2.75. The zero-order valence-electron chi connectivity index (χ0n) is 11.1. The van der Waals surface area contributed by atoms with E-state index in [0.717, 1.165) is 0 Å². The summed E-state index contributed by atoms with van der Waals surface area (Å²) in [6.07, 6.45) is 1.58.